The Morgan fingerprint density at radius 1 is 1.18 bits per heavy atom. The zero-order valence-corrected chi connectivity index (χ0v) is 14.2. The summed E-state index contributed by atoms with van der Waals surface area (Å²) in [5.41, 5.74) is 1.04. The number of hydrogen-bond donors (Lipinski definition) is 0. The lowest BCUT2D eigenvalue weighted by Gasteiger charge is -2.35. The van der Waals surface area contributed by atoms with Crippen LogP contribution in [0.15, 0.2) is 30.3 Å². The summed E-state index contributed by atoms with van der Waals surface area (Å²) < 4.78 is 23.5. The first-order valence-electron chi connectivity index (χ1n) is 7.93. The third kappa shape index (κ3) is 4.32. The molecular formula is C17H25NO3S. The highest BCUT2D eigenvalue weighted by atomic mass is 32.2. The molecule has 0 aliphatic heterocycles. The number of nitrogens with zero attached hydrogens (tertiary/aromatic N) is 1. The van der Waals surface area contributed by atoms with E-state index < -0.39 is 15.1 Å². The number of carbonyl (C=O) groups is 1. The topological polar surface area (TPSA) is 54.5 Å². The van der Waals surface area contributed by atoms with Crippen molar-refractivity contribution in [3.63, 3.8) is 0 Å². The van der Waals surface area contributed by atoms with Crippen molar-refractivity contribution in [1.82, 2.24) is 4.90 Å². The molecule has 1 amide bonds. The largest absolute Gasteiger partial charge is 0.334 e. The molecule has 5 heteroatoms. The lowest BCUT2D eigenvalue weighted by Crippen LogP contribution is -2.47. The summed E-state index contributed by atoms with van der Waals surface area (Å²) in [6.45, 7) is 1.99. The van der Waals surface area contributed by atoms with E-state index in [4.69, 9.17) is 0 Å². The summed E-state index contributed by atoms with van der Waals surface area (Å²) in [7, 11) is -3.37. The Morgan fingerprint density at radius 2 is 1.77 bits per heavy atom. The maximum absolute atomic E-state index is 12.7. The third-order valence-corrected chi connectivity index (χ3v) is 5.97. The fourth-order valence-electron chi connectivity index (χ4n) is 2.98. The van der Waals surface area contributed by atoms with Crippen LogP contribution < -0.4 is 0 Å². The third-order valence-electron chi connectivity index (χ3n) is 4.48. The Hall–Kier alpha value is -1.36. The second-order valence-electron chi connectivity index (χ2n) is 6.22. The predicted octanol–water partition coefficient (Wildman–Crippen LogP) is 2.78. The van der Waals surface area contributed by atoms with Gasteiger partial charge in [-0.1, -0.05) is 49.6 Å². The van der Waals surface area contributed by atoms with E-state index in [0.29, 0.717) is 6.54 Å². The van der Waals surface area contributed by atoms with Crippen molar-refractivity contribution in [1.29, 1.82) is 0 Å². The number of amides is 1. The van der Waals surface area contributed by atoms with Gasteiger partial charge in [-0.05, 0) is 25.3 Å². The minimum absolute atomic E-state index is 0.158. The molecule has 122 valence electrons. The molecule has 1 aliphatic carbocycles. The summed E-state index contributed by atoms with van der Waals surface area (Å²) in [6.07, 6.45) is 6.49. The molecule has 0 heterocycles. The van der Waals surface area contributed by atoms with Crippen LogP contribution >= 0.6 is 0 Å². The highest BCUT2D eigenvalue weighted by Crippen LogP contribution is 2.25. The van der Waals surface area contributed by atoms with Gasteiger partial charge in [0.2, 0.25) is 5.91 Å². The molecule has 1 aliphatic rings. The summed E-state index contributed by atoms with van der Waals surface area (Å²) in [4.78, 5) is 14.5. The molecule has 1 fully saturated rings. The second-order valence-corrected chi connectivity index (χ2v) is 8.58. The Morgan fingerprint density at radius 3 is 2.32 bits per heavy atom. The van der Waals surface area contributed by atoms with Crippen LogP contribution in [0.2, 0.25) is 0 Å². The molecule has 4 nitrogen and oxygen atoms in total. The van der Waals surface area contributed by atoms with Crippen LogP contribution in [-0.2, 0) is 21.2 Å². The molecular weight excluding hydrogens is 298 g/mol. The van der Waals surface area contributed by atoms with Crippen LogP contribution in [-0.4, -0.2) is 36.8 Å². The molecule has 0 unspecified atom stereocenters. The monoisotopic (exact) mass is 323 g/mol. The summed E-state index contributed by atoms with van der Waals surface area (Å²) in [5, 5.41) is -0.974. The Kier molecular flexibility index (Phi) is 5.62. The van der Waals surface area contributed by atoms with E-state index in [1.807, 2.05) is 30.3 Å². The maximum Gasteiger partial charge on any atom is 0.241 e. The standard InChI is InChI=1S/C17H25NO3S/c1-14(22(2,20)21)17(19)18(16-11-7-4-8-12-16)13-15-9-5-3-6-10-15/h3,5-6,9-10,14,16H,4,7-8,11-13H2,1-2H3/t14-/m1/s1. The van der Waals surface area contributed by atoms with Crippen LogP contribution in [0.25, 0.3) is 0 Å². The number of carbonyl (C=O) groups excluding carboxylic acids is 1. The SMILES string of the molecule is C[C@H](C(=O)N(Cc1ccccc1)C1CCCCC1)S(C)(=O)=O. The molecule has 2 rings (SSSR count). The first-order valence-corrected chi connectivity index (χ1v) is 9.88. The number of rotatable bonds is 5. The van der Waals surface area contributed by atoms with E-state index in [1.54, 1.807) is 4.90 Å². The molecule has 1 atom stereocenters. The summed E-state index contributed by atoms with van der Waals surface area (Å²) >= 11 is 0. The highest BCUT2D eigenvalue weighted by molar-refractivity contribution is 7.92. The van der Waals surface area contributed by atoms with Gasteiger partial charge in [-0.15, -0.1) is 0 Å². The second kappa shape index (κ2) is 7.27. The van der Waals surface area contributed by atoms with E-state index in [1.165, 1.54) is 13.3 Å². The molecule has 1 saturated carbocycles. The van der Waals surface area contributed by atoms with Crippen molar-refractivity contribution in [2.24, 2.45) is 0 Å². The maximum atomic E-state index is 12.7. The fraction of sp³-hybridized carbons (Fsp3) is 0.588. The number of sulfone groups is 1. The van der Waals surface area contributed by atoms with Gasteiger partial charge in [0.05, 0.1) is 0 Å². The van der Waals surface area contributed by atoms with Crippen molar-refractivity contribution in [2.75, 3.05) is 6.26 Å². The normalized spacial score (nSPS) is 17.9. The van der Waals surface area contributed by atoms with Crippen LogP contribution in [0.1, 0.15) is 44.6 Å². The fourth-order valence-corrected chi connectivity index (χ4v) is 3.48. The quantitative estimate of drug-likeness (QED) is 0.837. The molecule has 1 aromatic carbocycles. The summed E-state index contributed by atoms with van der Waals surface area (Å²) in [6, 6.07) is 9.95. The molecule has 0 bridgehead atoms. The smallest absolute Gasteiger partial charge is 0.241 e. The molecule has 22 heavy (non-hydrogen) atoms. The van der Waals surface area contributed by atoms with Gasteiger partial charge in [0.1, 0.15) is 5.25 Å². The highest BCUT2D eigenvalue weighted by Gasteiger charge is 2.33. The lowest BCUT2D eigenvalue weighted by atomic mass is 9.93. The minimum Gasteiger partial charge on any atom is -0.334 e. The predicted molar refractivity (Wildman–Crippen MR) is 88.2 cm³/mol. The van der Waals surface area contributed by atoms with E-state index in [-0.39, 0.29) is 11.9 Å². The van der Waals surface area contributed by atoms with Crippen molar-refractivity contribution in [3.05, 3.63) is 35.9 Å². The average molecular weight is 323 g/mol. The number of hydrogen-bond acceptors (Lipinski definition) is 3. The number of benzene rings is 1. The van der Waals surface area contributed by atoms with E-state index in [2.05, 4.69) is 0 Å². The van der Waals surface area contributed by atoms with E-state index >= 15 is 0 Å². The van der Waals surface area contributed by atoms with E-state index in [0.717, 1.165) is 37.5 Å². The average Bonchev–Trinajstić information content (AvgIpc) is 2.52. The Balaban J connectivity index is 2.22. The Labute approximate surface area is 133 Å². The lowest BCUT2D eigenvalue weighted by molar-refractivity contribution is -0.134. The van der Waals surface area contributed by atoms with Crippen molar-refractivity contribution >= 4 is 15.7 Å². The molecule has 1 aromatic rings. The summed E-state index contributed by atoms with van der Waals surface area (Å²) in [5.74, 6) is -0.266. The van der Waals surface area contributed by atoms with Gasteiger partial charge in [-0.2, -0.15) is 0 Å². The van der Waals surface area contributed by atoms with Crippen LogP contribution in [0.4, 0.5) is 0 Å². The van der Waals surface area contributed by atoms with E-state index in [9.17, 15) is 13.2 Å². The van der Waals surface area contributed by atoms with Gasteiger partial charge in [-0.25, -0.2) is 8.42 Å². The zero-order chi connectivity index (χ0) is 16.2. The van der Waals surface area contributed by atoms with Gasteiger partial charge in [-0.3, -0.25) is 4.79 Å². The van der Waals surface area contributed by atoms with Crippen LogP contribution in [0.5, 0.6) is 0 Å². The van der Waals surface area contributed by atoms with Gasteiger partial charge in [0.15, 0.2) is 9.84 Å². The first kappa shape index (κ1) is 17.0. The van der Waals surface area contributed by atoms with Crippen molar-refractivity contribution < 1.29 is 13.2 Å². The molecule has 0 radical (unpaired) electrons. The molecule has 0 N–H and O–H groups in total. The molecule has 0 spiro atoms. The van der Waals surface area contributed by atoms with Crippen molar-refractivity contribution in [3.8, 4) is 0 Å². The van der Waals surface area contributed by atoms with Crippen molar-refractivity contribution in [2.45, 2.75) is 56.9 Å². The Bertz CT molecular complexity index is 592. The molecule has 0 saturated heterocycles. The first-order chi connectivity index (χ1) is 10.4. The van der Waals surface area contributed by atoms with Gasteiger partial charge in [0.25, 0.3) is 0 Å². The minimum atomic E-state index is -3.37. The molecule has 0 aromatic heterocycles. The van der Waals surface area contributed by atoms with Crippen LogP contribution in [0.3, 0.4) is 0 Å². The van der Waals surface area contributed by atoms with Crippen LogP contribution in [0, 0.1) is 0 Å². The van der Waals surface area contributed by atoms with Gasteiger partial charge in [0, 0.05) is 18.8 Å². The zero-order valence-electron chi connectivity index (χ0n) is 13.4. The van der Waals surface area contributed by atoms with Gasteiger partial charge < -0.3 is 4.90 Å². The van der Waals surface area contributed by atoms with Gasteiger partial charge >= 0.3 is 0 Å².